The van der Waals surface area contributed by atoms with Crippen molar-refractivity contribution in [1.82, 2.24) is 14.9 Å². The molecule has 102 valence electrons. The first-order valence-electron chi connectivity index (χ1n) is 6.66. The third kappa shape index (κ3) is 2.65. The van der Waals surface area contributed by atoms with Gasteiger partial charge in [-0.2, -0.15) is 0 Å². The summed E-state index contributed by atoms with van der Waals surface area (Å²) in [7, 11) is 0. The Bertz CT molecular complexity index is 656. The summed E-state index contributed by atoms with van der Waals surface area (Å²) in [4.78, 5) is 4.41. The molecule has 4 nitrogen and oxygen atoms in total. The van der Waals surface area contributed by atoms with E-state index in [0.29, 0.717) is 6.54 Å². The number of nitrogens with zero attached hydrogens (tertiary/aromatic N) is 2. The Balaban J connectivity index is 1.74. The van der Waals surface area contributed by atoms with Crippen molar-refractivity contribution < 1.29 is 4.42 Å². The van der Waals surface area contributed by atoms with Gasteiger partial charge >= 0.3 is 0 Å². The Hall–Kier alpha value is -2.33. The molecule has 0 aliphatic rings. The second-order valence-electron chi connectivity index (χ2n) is 4.65. The van der Waals surface area contributed by atoms with Crippen LogP contribution in [0.2, 0.25) is 0 Å². The predicted octanol–water partition coefficient (Wildman–Crippen LogP) is 3.06. The monoisotopic (exact) mass is 267 g/mol. The lowest BCUT2D eigenvalue weighted by molar-refractivity contribution is 0.481. The summed E-state index contributed by atoms with van der Waals surface area (Å²) < 4.78 is 7.47. The first-order chi connectivity index (χ1) is 9.84. The van der Waals surface area contributed by atoms with E-state index in [1.165, 1.54) is 0 Å². The standard InChI is InChI=1S/C16H17N3O/c1-13-18-11-15(10-17-12-16-8-5-9-20-16)19(13)14-6-3-2-4-7-14/h2-9,11,17H,10,12H2,1H3. The van der Waals surface area contributed by atoms with Crippen LogP contribution in [-0.4, -0.2) is 9.55 Å². The maximum absolute atomic E-state index is 5.31. The molecule has 0 radical (unpaired) electrons. The zero-order chi connectivity index (χ0) is 13.8. The molecule has 4 heteroatoms. The normalized spacial score (nSPS) is 10.8. The number of aryl methyl sites for hydroxylation is 1. The topological polar surface area (TPSA) is 43.0 Å². The SMILES string of the molecule is Cc1ncc(CNCc2ccco2)n1-c1ccccc1. The molecule has 3 rings (SSSR count). The van der Waals surface area contributed by atoms with Gasteiger partial charge in [0.05, 0.1) is 24.7 Å². The third-order valence-corrected chi connectivity index (χ3v) is 3.21. The van der Waals surface area contributed by atoms with E-state index in [9.17, 15) is 0 Å². The first-order valence-corrected chi connectivity index (χ1v) is 6.66. The Kier molecular flexibility index (Phi) is 3.65. The molecule has 3 aromatic rings. The molecule has 0 unspecified atom stereocenters. The molecule has 0 aliphatic carbocycles. The van der Waals surface area contributed by atoms with Crippen molar-refractivity contribution in [2.45, 2.75) is 20.0 Å². The van der Waals surface area contributed by atoms with Gasteiger partial charge in [0, 0.05) is 12.2 Å². The molecule has 2 aromatic heterocycles. The number of hydrogen-bond donors (Lipinski definition) is 1. The Labute approximate surface area is 118 Å². The average Bonchev–Trinajstić information content (AvgIpc) is 3.10. The van der Waals surface area contributed by atoms with E-state index in [1.807, 2.05) is 43.5 Å². The molecular formula is C16H17N3O. The molecular weight excluding hydrogens is 250 g/mol. The zero-order valence-corrected chi connectivity index (χ0v) is 11.4. The van der Waals surface area contributed by atoms with Crippen LogP contribution >= 0.6 is 0 Å². The van der Waals surface area contributed by atoms with Crippen molar-refractivity contribution in [3.63, 3.8) is 0 Å². The van der Waals surface area contributed by atoms with Gasteiger partial charge in [-0.25, -0.2) is 4.98 Å². The molecule has 0 atom stereocenters. The van der Waals surface area contributed by atoms with Gasteiger partial charge in [0.25, 0.3) is 0 Å². The molecule has 0 aliphatic heterocycles. The summed E-state index contributed by atoms with van der Waals surface area (Å²) in [6, 6.07) is 14.1. The molecule has 0 bridgehead atoms. The van der Waals surface area contributed by atoms with E-state index in [2.05, 4.69) is 27.0 Å². The number of para-hydroxylation sites is 1. The second kappa shape index (κ2) is 5.75. The average molecular weight is 267 g/mol. The number of hydrogen-bond acceptors (Lipinski definition) is 3. The minimum absolute atomic E-state index is 0.714. The van der Waals surface area contributed by atoms with E-state index in [1.54, 1.807) is 6.26 Å². The minimum Gasteiger partial charge on any atom is -0.468 e. The van der Waals surface area contributed by atoms with Gasteiger partial charge in [-0.15, -0.1) is 0 Å². The number of nitrogens with one attached hydrogen (secondary N) is 1. The van der Waals surface area contributed by atoms with Gasteiger partial charge < -0.3 is 9.73 Å². The van der Waals surface area contributed by atoms with E-state index in [4.69, 9.17) is 4.42 Å². The Morgan fingerprint density at radius 2 is 1.95 bits per heavy atom. The lowest BCUT2D eigenvalue weighted by Crippen LogP contribution is -2.15. The summed E-state index contributed by atoms with van der Waals surface area (Å²) in [6.07, 6.45) is 3.60. The quantitative estimate of drug-likeness (QED) is 0.772. The highest BCUT2D eigenvalue weighted by Gasteiger charge is 2.08. The van der Waals surface area contributed by atoms with Crippen LogP contribution in [0.25, 0.3) is 5.69 Å². The molecule has 2 heterocycles. The molecule has 1 N–H and O–H groups in total. The Morgan fingerprint density at radius 3 is 2.70 bits per heavy atom. The maximum atomic E-state index is 5.31. The number of rotatable bonds is 5. The zero-order valence-electron chi connectivity index (χ0n) is 11.4. The fraction of sp³-hybridized carbons (Fsp3) is 0.188. The fourth-order valence-corrected chi connectivity index (χ4v) is 2.27. The van der Waals surface area contributed by atoms with Gasteiger partial charge in [0.1, 0.15) is 11.6 Å². The van der Waals surface area contributed by atoms with E-state index in [-0.39, 0.29) is 0 Å². The second-order valence-corrected chi connectivity index (χ2v) is 4.65. The minimum atomic E-state index is 0.714. The predicted molar refractivity (Wildman–Crippen MR) is 77.6 cm³/mol. The molecule has 0 saturated heterocycles. The van der Waals surface area contributed by atoms with E-state index >= 15 is 0 Å². The number of imidazole rings is 1. The molecule has 0 spiro atoms. The highest BCUT2D eigenvalue weighted by atomic mass is 16.3. The van der Waals surface area contributed by atoms with Crippen LogP contribution < -0.4 is 5.32 Å². The third-order valence-electron chi connectivity index (χ3n) is 3.21. The highest BCUT2D eigenvalue weighted by molar-refractivity contribution is 5.35. The molecule has 1 aromatic carbocycles. The fourth-order valence-electron chi connectivity index (χ4n) is 2.27. The van der Waals surface area contributed by atoms with Crippen molar-refractivity contribution in [1.29, 1.82) is 0 Å². The lowest BCUT2D eigenvalue weighted by atomic mass is 10.3. The van der Waals surface area contributed by atoms with Gasteiger partial charge in [-0.1, -0.05) is 18.2 Å². The summed E-state index contributed by atoms with van der Waals surface area (Å²) in [6.45, 7) is 3.48. The van der Waals surface area contributed by atoms with Crippen LogP contribution in [0.1, 0.15) is 17.3 Å². The molecule has 0 fully saturated rings. The number of furan rings is 1. The summed E-state index contributed by atoms with van der Waals surface area (Å²) in [5.41, 5.74) is 2.28. The first kappa shape index (κ1) is 12.7. The smallest absolute Gasteiger partial charge is 0.117 e. The molecule has 20 heavy (non-hydrogen) atoms. The van der Waals surface area contributed by atoms with Gasteiger partial charge in [0.15, 0.2) is 0 Å². The molecule has 0 saturated carbocycles. The van der Waals surface area contributed by atoms with Crippen LogP contribution in [0.4, 0.5) is 0 Å². The number of aromatic nitrogens is 2. The number of benzene rings is 1. The van der Waals surface area contributed by atoms with Gasteiger partial charge in [0.2, 0.25) is 0 Å². The van der Waals surface area contributed by atoms with Crippen LogP contribution in [0.15, 0.2) is 59.3 Å². The summed E-state index contributed by atoms with van der Waals surface area (Å²) in [5.74, 6) is 1.93. The van der Waals surface area contributed by atoms with Crippen LogP contribution in [-0.2, 0) is 13.1 Å². The van der Waals surface area contributed by atoms with Crippen LogP contribution in [0, 0.1) is 6.92 Å². The summed E-state index contributed by atoms with van der Waals surface area (Å²) in [5, 5.41) is 3.37. The molecule has 0 amide bonds. The van der Waals surface area contributed by atoms with Crippen molar-refractivity contribution in [2.75, 3.05) is 0 Å². The van der Waals surface area contributed by atoms with Gasteiger partial charge in [-0.05, 0) is 31.2 Å². The van der Waals surface area contributed by atoms with Crippen molar-refractivity contribution in [3.05, 3.63) is 72.2 Å². The van der Waals surface area contributed by atoms with Crippen LogP contribution in [0.3, 0.4) is 0 Å². The van der Waals surface area contributed by atoms with Crippen LogP contribution in [0.5, 0.6) is 0 Å². The van der Waals surface area contributed by atoms with E-state index in [0.717, 1.165) is 29.5 Å². The van der Waals surface area contributed by atoms with Crippen molar-refractivity contribution in [2.24, 2.45) is 0 Å². The van der Waals surface area contributed by atoms with Crippen molar-refractivity contribution >= 4 is 0 Å². The van der Waals surface area contributed by atoms with Crippen molar-refractivity contribution in [3.8, 4) is 5.69 Å². The lowest BCUT2D eigenvalue weighted by Gasteiger charge is -2.10. The van der Waals surface area contributed by atoms with E-state index < -0.39 is 0 Å². The largest absolute Gasteiger partial charge is 0.468 e. The maximum Gasteiger partial charge on any atom is 0.117 e. The van der Waals surface area contributed by atoms with Gasteiger partial charge in [-0.3, -0.25) is 4.57 Å². The summed E-state index contributed by atoms with van der Waals surface area (Å²) >= 11 is 0. The highest BCUT2D eigenvalue weighted by Crippen LogP contribution is 2.14. The Morgan fingerprint density at radius 1 is 1.10 bits per heavy atom.